The number of rotatable bonds is 5. The van der Waals surface area contributed by atoms with E-state index in [-0.39, 0.29) is 24.0 Å². The second-order valence-electron chi connectivity index (χ2n) is 5.51. The van der Waals surface area contributed by atoms with E-state index < -0.39 is 5.25 Å². The number of carbonyl (C=O) groups excluding carboxylic acids is 2. The summed E-state index contributed by atoms with van der Waals surface area (Å²) in [6.07, 6.45) is 0.0294. The van der Waals surface area contributed by atoms with Crippen LogP contribution < -0.4 is 15.4 Å². The smallest absolute Gasteiger partial charge is 0.240 e. The molecule has 7 nitrogen and oxygen atoms in total. The summed E-state index contributed by atoms with van der Waals surface area (Å²) in [5, 5.41) is 14.7. The molecule has 1 atom stereocenters. The fourth-order valence-corrected chi connectivity index (χ4v) is 3.31. The molecule has 1 aliphatic rings. The zero-order chi connectivity index (χ0) is 18.5. The van der Waals surface area contributed by atoms with Gasteiger partial charge in [0.05, 0.1) is 12.8 Å². The molecule has 0 aliphatic carbocycles. The average molecular weight is 371 g/mol. The number of amidine groups is 1. The lowest BCUT2D eigenvalue weighted by atomic mass is 10.2. The summed E-state index contributed by atoms with van der Waals surface area (Å²) in [7, 11) is 1.57. The number of nitrogens with one attached hydrogen (secondary N) is 2. The third-order valence-corrected chi connectivity index (χ3v) is 4.66. The molecule has 2 aromatic rings. The maximum absolute atomic E-state index is 12.2. The molecule has 3 N–H and O–H groups in total. The number of phenols is 1. The van der Waals surface area contributed by atoms with Crippen molar-refractivity contribution in [2.24, 2.45) is 4.99 Å². The van der Waals surface area contributed by atoms with E-state index in [9.17, 15) is 14.7 Å². The van der Waals surface area contributed by atoms with Gasteiger partial charge in [0.2, 0.25) is 11.8 Å². The highest BCUT2D eigenvalue weighted by atomic mass is 32.2. The molecule has 0 saturated carbocycles. The molecule has 1 unspecified atom stereocenters. The minimum absolute atomic E-state index is 0.0294. The maximum atomic E-state index is 12.2. The molecule has 1 saturated heterocycles. The van der Waals surface area contributed by atoms with E-state index >= 15 is 0 Å². The normalized spacial score (nSPS) is 17.8. The summed E-state index contributed by atoms with van der Waals surface area (Å²) >= 11 is 1.19. The highest BCUT2D eigenvalue weighted by Crippen LogP contribution is 2.27. The fraction of sp³-hybridized carbons (Fsp3) is 0.167. The van der Waals surface area contributed by atoms with E-state index in [0.717, 1.165) is 0 Å². The van der Waals surface area contributed by atoms with Crippen LogP contribution in [0, 0.1) is 0 Å². The lowest BCUT2D eigenvalue weighted by molar-refractivity contribution is -0.122. The Balaban J connectivity index is 1.59. The minimum Gasteiger partial charge on any atom is -0.508 e. The van der Waals surface area contributed by atoms with Crippen LogP contribution in [0.1, 0.15) is 6.42 Å². The van der Waals surface area contributed by atoms with Crippen molar-refractivity contribution in [3.63, 3.8) is 0 Å². The van der Waals surface area contributed by atoms with Crippen LogP contribution in [-0.2, 0) is 9.59 Å². The van der Waals surface area contributed by atoms with Crippen LogP contribution >= 0.6 is 11.8 Å². The lowest BCUT2D eigenvalue weighted by Gasteiger charge is -2.08. The van der Waals surface area contributed by atoms with Crippen molar-refractivity contribution in [2.75, 3.05) is 12.4 Å². The highest BCUT2D eigenvalue weighted by molar-refractivity contribution is 8.15. The first-order chi connectivity index (χ1) is 12.5. The molecule has 0 bridgehead atoms. The number of anilines is 1. The van der Waals surface area contributed by atoms with E-state index in [2.05, 4.69) is 15.6 Å². The zero-order valence-electron chi connectivity index (χ0n) is 13.9. The van der Waals surface area contributed by atoms with Crippen molar-refractivity contribution in [1.82, 2.24) is 5.32 Å². The summed E-state index contributed by atoms with van der Waals surface area (Å²) in [6, 6.07) is 13.3. The Morgan fingerprint density at radius 2 is 2.08 bits per heavy atom. The summed E-state index contributed by atoms with van der Waals surface area (Å²) in [4.78, 5) is 28.5. The maximum Gasteiger partial charge on any atom is 0.240 e. The average Bonchev–Trinajstić information content (AvgIpc) is 2.94. The Morgan fingerprint density at radius 1 is 1.31 bits per heavy atom. The Hall–Kier alpha value is -3.00. The van der Waals surface area contributed by atoms with Crippen LogP contribution in [0.3, 0.4) is 0 Å². The first-order valence-electron chi connectivity index (χ1n) is 7.82. The van der Waals surface area contributed by atoms with Crippen LogP contribution in [-0.4, -0.2) is 34.4 Å². The molecular formula is C18H17N3O4S. The summed E-state index contributed by atoms with van der Waals surface area (Å²) in [5.74, 6) is 0.262. The Kier molecular flexibility index (Phi) is 5.43. The number of benzene rings is 2. The molecule has 1 fully saturated rings. The molecule has 0 radical (unpaired) electrons. The third-order valence-electron chi connectivity index (χ3n) is 3.58. The second kappa shape index (κ2) is 7.92. The number of hydrogen-bond acceptors (Lipinski definition) is 6. The molecule has 2 amide bonds. The Morgan fingerprint density at radius 3 is 2.77 bits per heavy atom. The van der Waals surface area contributed by atoms with Crippen molar-refractivity contribution in [1.29, 1.82) is 0 Å². The van der Waals surface area contributed by atoms with Crippen LogP contribution in [0.2, 0.25) is 0 Å². The number of aromatic hydroxyl groups is 1. The van der Waals surface area contributed by atoms with E-state index in [1.165, 1.54) is 23.9 Å². The minimum atomic E-state index is -0.552. The molecule has 0 spiro atoms. The number of thioether (sulfide) groups is 1. The van der Waals surface area contributed by atoms with Crippen molar-refractivity contribution < 1.29 is 19.4 Å². The van der Waals surface area contributed by atoms with Crippen molar-refractivity contribution >= 4 is 40.1 Å². The van der Waals surface area contributed by atoms with E-state index in [0.29, 0.717) is 22.3 Å². The van der Waals surface area contributed by atoms with Gasteiger partial charge in [0, 0.05) is 18.2 Å². The van der Waals surface area contributed by atoms with Crippen molar-refractivity contribution in [2.45, 2.75) is 11.7 Å². The third kappa shape index (κ3) is 4.54. The number of amides is 2. The number of aliphatic imine (C=N–C) groups is 1. The van der Waals surface area contributed by atoms with Gasteiger partial charge in [0.25, 0.3) is 0 Å². The molecule has 2 aromatic carbocycles. The summed E-state index contributed by atoms with van der Waals surface area (Å²) in [6.45, 7) is 0. The topological polar surface area (TPSA) is 100 Å². The molecule has 3 rings (SSSR count). The standard InChI is InChI=1S/C18H17N3O4S/c1-25-14-7-5-11(6-8-14)19-16(23)10-15-17(24)21-18(26-15)20-12-3-2-4-13(22)9-12/h2-9,15,22H,10H2,1H3,(H,19,23)(H,20,21,24). The Bertz CT molecular complexity index is 852. The van der Waals surface area contributed by atoms with E-state index in [4.69, 9.17) is 4.74 Å². The fourth-order valence-electron chi connectivity index (χ4n) is 2.33. The number of phenolic OH excluding ortho intramolecular Hbond substituents is 1. The van der Waals surface area contributed by atoms with Gasteiger partial charge in [-0.3, -0.25) is 9.59 Å². The SMILES string of the molecule is COc1ccc(NC(=O)CC2SC(=Nc3cccc(O)c3)NC2=O)cc1. The quantitative estimate of drug-likeness (QED) is 0.750. The largest absolute Gasteiger partial charge is 0.508 e. The van der Waals surface area contributed by atoms with Gasteiger partial charge in [-0.2, -0.15) is 0 Å². The van der Waals surface area contributed by atoms with Crippen LogP contribution in [0.4, 0.5) is 11.4 Å². The van der Waals surface area contributed by atoms with E-state index in [1.807, 2.05) is 0 Å². The number of carbonyl (C=O) groups is 2. The predicted octanol–water partition coefficient (Wildman–Crippen LogP) is 2.65. The number of methoxy groups -OCH3 is 1. The molecular weight excluding hydrogens is 354 g/mol. The summed E-state index contributed by atoms with van der Waals surface area (Å²) in [5.41, 5.74) is 1.16. The molecule has 26 heavy (non-hydrogen) atoms. The summed E-state index contributed by atoms with van der Waals surface area (Å²) < 4.78 is 5.07. The molecule has 134 valence electrons. The van der Waals surface area contributed by atoms with Gasteiger partial charge < -0.3 is 20.5 Å². The lowest BCUT2D eigenvalue weighted by Crippen LogP contribution is -2.28. The van der Waals surface area contributed by atoms with Gasteiger partial charge in [-0.1, -0.05) is 17.8 Å². The van der Waals surface area contributed by atoms with Gasteiger partial charge in [0.15, 0.2) is 5.17 Å². The first-order valence-corrected chi connectivity index (χ1v) is 8.70. The molecule has 1 heterocycles. The van der Waals surface area contributed by atoms with Crippen LogP contribution in [0.25, 0.3) is 0 Å². The van der Waals surface area contributed by atoms with E-state index in [1.54, 1.807) is 43.5 Å². The highest BCUT2D eigenvalue weighted by Gasteiger charge is 2.32. The van der Waals surface area contributed by atoms with Gasteiger partial charge in [-0.25, -0.2) is 4.99 Å². The van der Waals surface area contributed by atoms with Gasteiger partial charge >= 0.3 is 0 Å². The van der Waals surface area contributed by atoms with Crippen LogP contribution in [0.15, 0.2) is 53.5 Å². The van der Waals surface area contributed by atoms with Gasteiger partial charge in [0.1, 0.15) is 16.7 Å². The first kappa shape index (κ1) is 17.8. The number of hydrogen-bond donors (Lipinski definition) is 3. The molecule has 1 aliphatic heterocycles. The van der Waals surface area contributed by atoms with Gasteiger partial charge in [-0.05, 0) is 36.4 Å². The molecule has 0 aromatic heterocycles. The Labute approximate surface area is 154 Å². The van der Waals surface area contributed by atoms with Crippen molar-refractivity contribution in [3.05, 3.63) is 48.5 Å². The molecule has 8 heteroatoms. The predicted molar refractivity (Wildman–Crippen MR) is 101 cm³/mol. The monoisotopic (exact) mass is 371 g/mol. The number of ether oxygens (including phenoxy) is 1. The zero-order valence-corrected chi connectivity index (χ0v) is 14.7. The van der Waals surface area contributed by atoms with Crippen molar-refractivity contribution in [3.8, 4) is 11.5 Å². The van der Waals surface area contributed by atoms with Crippen LogP contribution in [0.5, 0.6) is 11.5 Å². The van der Waals surface area contributed by atoms with Gasteiger partial charge in [-0.15, -0.1) is 0 Å². The second-order valence-corrected chi connectivity index (χ2v) is 6.70. The number of nitrogens with zero attached hydrogens (tertiary/aromatic N) is 1.